The van der Waals surface area contributed by atoms with E-state index in [1.807, 2.05) is 79.7 Å². The van der Waals surface area contributed by atoms with Crippen molar-refractivity contribution in [2.45, 2.75) is 13.8 Å². The Morgan fingerprint density at radius 2 is 0.911 bits per heavy atom. The van der Waals surface area contributed by atoms with Crippen molar-refractivity contribution in [3.05, 3.63) is 175 Å². The molecule has 0 atom stereocenters. The third-order valence-corrected chi connectivity index (χ3v) is 6.94. The maximum Gasteiger partial charge on any atom is 0.193 e. The topological polar surface area (TPSA) is 61.8 Å². The summed E-state index contributed by atoms with van der Waals surface area (Å²) in [5.41, 5.74) is 4.73. The van der Waals surface area contributed by atoms with Gasteiger partial charge in [0.2, 0.25) is 0 Å². The molecule has 0 unspecified atom stereocenters. The number of Topliss-reactive ketones (excluding diaryl/α,β-unsaturated/α-hetero) is 1. The number of aryl methyl sites for hydroxylation is 1. The van der Waals surface area contributed by atoms with Gasteiger partial charge in [0.05, 0.1) is 0 Å². The van der Waals surface area contributed by atoms with Crippen LogP contribution in [-0.2, 0) is 4.79 Å². The highest BCUT2D eigenvalue weighted by atomic mass is 16.5. The minimum absolute atomic E-state index is 0.121. The average molecular weight is 593 g/mol. The van der Waals surface area contributed by atoms with Gasteiger partial charge >= 0.3 is 0 Å². The van der Waals surface area contributed by atoms with Crippen molar-refractivity contribution in [3.63, 3.8) is 0 Å². The number of benzene rings is 5. The average Bonchev–Trinajstić information content (AvgIpc) is 3.06. The van der Waals surface area contributed by atoms with Crippen LogP contribution < -0.4 is 14.2 Å². The van der Waals surface area contributed by atoms with Crippen molar-refractivity contribution in [1.82, 2.24) is 0 Å². The molecule has 0 saturated heterocycles. The molecule has 45 heavy (non-hydrogen) atoms. The summed E-state index contributed by atoms with van der Waals surface area (Å²) in [6.45, 7) is 11.0. The van der Waals surface area contributed by atoms with Gasteiger partial charge in [-0.2, -0.15) is 0 Å². The first-order valence-electron chi connectivity index (χ1n) is 14.4. The molecule has 0 spiro atoms. The summed E-state index contributed by atoms with van der Waals surface area (Å²) in [5, 5.41) is 0. The molecule has 0 aliphatic rings. The van der Waals surface area contributed by atoms with Gasteiger partial charge < -0.3 is 14.2 Å². The molecule has 222 valence electrons. The second-order valence-corrected chi connectivity index (χ2v) is 10.4. The molecule has 0 aliphatic carbocycles. The van der Waals surface area contributed by atoms with Gasteiger partial charge in [0.1, 0.15) is 34.5 Å². The SMILES string of the molecule is C=C(C=CC(=C)C(C)=O)Oc1ccc(C(=O)c2ccc(Oc3ccc(-c4ccc(Oc5ccc(C)cc5)cc4)cc3)cc2)cc1. The van der Waals surface area contributed by atoms with Crippen molar-refractivity contribution in [2.24, 2.45) is 0 Å². The Labute approximate surface area is 263 Å². The molecule has 0 fully saturated rings. The van der Waals surface area contributed by atoms with Gasteiger partial charge in [-0.15, -0.1) is 0 Å². The predicted molar refractivity (Wildman–Crippen MR) is 178 cm³/mol. The molecular formula is C40H32O5. The summed E-state index contributed by atoms with van der Waals surface area (Å²) < 4.78 is 17.6. The van der Waals surface area contributed by atoms with E-state index >= 15 is 0 Å². The zero-order valence-corrected chi connectivity index (χ0v) is 25.2. The standard InChI is InChI=1S/C40H32O5/c1-27-5-17-36(18-6-27)44-37-19-9-31(10-20-37)32-11-21-38(22-12-32)45-39-25-15-34(16-26-39)40(42)33-13-23-35(24-14-33)43-29(3)8-7-28(2)30(4)41/h5-26H,2-3H2,1,4H3. The monoisotopic (exact) mass is 592 g/mol. The summed E-state index contributed by atoms with van der Waals surface area (Å²) in [7, 11) is 0. The summed E-state index contributed by atoms with van der Waals surface area (Å²) in [4.78, 5) is 24.3. The molecule has 0 aromatic heterocycles. The number of allylic oxidation sites excluding steroid dienone is 3. The minimum atomic E-state index is -0.126. The van der Waals surface area contributed by atoms with Crippen LogP contribution in [0.25, 0.3) is 11.1 Å². The van der Waals surface area contributed by atoms with E-state index in [0.29, 0.717) is 39.7 Å². The van der Waals surface area contributed by atoms with E-state index in [4.69, 9.17) is 14.2 Å². The smallest absolute Gasteiger partial charge is 0.193 e. The Kier molecular flexibility index (Phi) is 9.51. The summed E-state index contributed by atoms with van der Waals surface area (Å²) in [6.07, 6.45) is 3.12. The Balaban J connectivity index is 1.15. The van der Waals surface area contributed by atoms with Gasteiger partial charge in [0.25, 0.3) is 0 Å². The van der Waals surface area contributed by atoms with E-state index in [0.717, 1.165) is 22.6 Å². The van der Waals surface area contributed by atoms with Crippen molar-refractivity contribution >= 4 is 11.6 Å². The predicted octanol–water partition coefficient (Wildman–Crippen LogP) is 10.1. The number of rotatable bonds is 12. The molecule has 0 aliphatic heterocycles. The van der Waals surface area contributed by atoms with E-state index in [1.165, 1.54) is 12.5 Å². The molecule has 0 radical (unpaired) electrons. The van der Waals surface area contributed by atoms with Gasteiger partial charge in [0, 0.05) is 16.7 Å². The van der Waals surface area contributed by atoms with Crippen molar-refractivity contribution in [3.8, 4) is 39.9 Å². The fourth-order valence-corrected chi connectivity index (χ4v) is 4.32. The molecule has 5 aromatic carbocycles. The fraction of sp³-hybridized carbons (Fsp3) is 0.0500. The Hall–Kier alpha value is -5.94. The van der Waals surface area contributed by atoms with Gasteiger partial charge in [-0.25, -0.2) is 0 Å². The second-order valence-electron chi connectivity index (χ2n) is 10.4. The molecule has 5 aromatic rings. The quantitative estimate of drug-likeness (QED) is 0.0624. The van der Waals surface area contributed by atoms with E-state index in [-0.39, 0.29) is 11.6 Å². The Morgan fingerprint density at radius 1 is 0.533 bits per heavy atom. The van der Waals surface area contributed by atoms with E-state index in [9.17, 15) is 9.59 Å². The maximum atomic E-state index is 13.0. The Morgan fingerprint density at radius 3 is 1.33 bits per heavy atom. The third kappa shape index (κ3) is 8.33. The minimum Gasteiger partial charge on any atom is -0.458 e. The van der Waals surface area contributed by atoms with Crippen molar-refractivity contribution in [2.75, 3.05) is 0 Å². The van der Waals surface area contributed by atoms with Crippen molar-refractivity contribution < 1.29 is 23.8 Å². The zero-order chi connectivity index (χ0) is 31.8. The van der Waals surface area contributed by atoms with Crippen LogP contribution in [0.4, 0.5) is 0 Å². The fourth-order valence-electron chi connectivity index (χ4n) is 4.32. The molecule has 0 heterocycles. The number of hydrogen-bond donors (Lipinski definition) is 0. The second kappa shape index (κ2) is 14.0. The Bertz CT molecular complexity index is 1840. The molecule has 5 nitrogen and oxygen atoms in total. The van der Waals surface area contributed by atoms with E-state index in [2.05, 4.69) is 13.2 Å². The van der Waals surface area contributed by atoms with Crippen LogP contribution in [0.5, 0.6) is 28.7 Å². The zero-order valence-electron chi connectivity index (χ0n) is 25.2. The summed E-state index contributed by atoms with van der Waals surface area (Å²) >= 11 is 0. The number of ketones is 2. The van der Waals surface area contributed by atoms with Crippen LogP contribution >= 0.6 is 0 Å². The van der Waals surface area contributed by atoms with Gasteiger partial charge in [-0.1, -0.05) is 55.1 Å². The lowest BCUT2D eigenvalue weighted by atomic mass is 10.0. The molecule has 5 rings (SSSR count). The number of carbonyl (C=O) groups is 2. The highest BCUT2D eigenvalue weighted by Crippen LogP contribution is 2.29. The molecular weight excluding hydrogens is 560 g/mol. The molecule has 0 saturated carbocycles. The summed E-state index contributed by atoms with van der Waals surface area (Å²) in [5.74, 6) is 3.52. The van der Waals surface area contributed by atoms with Crippen LogP contribution in [0.15, 0.2) is 158 Å². The lowest BCUT2D eigenvalue weighted by Gasteiger charge is -2.09. The third-order valence-electron chi connectivity index (χ3n) is 6.94. The van der Waals surface area contributed by atoms with Crippen LogP contribution in [0, 0.1) is 6.92 Å². The first-order chi connectivity index (χ1) is 21.7. The molecule has 0 bridgehead atoms. The highest BCUT2D eigenvalue weighted by molar-refractivity contribution is 6.09. The maximum absolute atomic E-state index is 13.0. The lowest BCUT2D eigenvalue weighted by Crippen LogP contribution is -2.01. The molecule has 0 N–H and O–H groups in total. The van der Waals surface area contributed by atoms with Crippen molar-refractivity contribution in [1.29, 1.82) is 0 Å². The normalized spacial score (nSPS) is 10.7. The number of carbonyl (C=O) groups excluding carboxylic acids is 2. The van der Waals surface area contributed by atoms with E-state index < -0.39 is 0 Å². The van der Waals surface area contributed by atoms with Crippen LogP contribution in [0.2, 0.25) is 0 Å². The number of hydrogen-bond acceptors (Lipinski definition) is 5. The molecule has 5 heteroatoms. The van der Waals surface area contributed by atoms with Crippen LogP contribution in [-0.4, -0.2) is 11.6 Å². The first-order valence-corrected chi connectivity index (χ1v) is 14.4. The summed E-state index contributed by atoms with van der Waals surface area (Å²) in [6, 6.07) is 37.6. The van der Waals surface area contributed by atoms with Gasteiger partial charge in [-0.3, -0.25) is 9.59 Å². The van der Waals surface area contributed by atoms with Crippen LogP contribution in [0.1, 0.15) is 28.4 Å². The first kappa shape index (κ1) is 30.5. The number of ether oxygens (including phenoxy) is 3. The van der Waals surface area contributed by atoms with Crippen LogP contribution in [0.3, 0.4) is 0 Å². The largest absolute Gasteiger partial charge is 0.458 e. The molecule has 0 amide bonds. The van der Waals surface area contributed by atoms with Gasteiger partial charge in [-0.05, 0) is 122 Å². The lowest BCUT2D eigenvalue weighted by molar-refractivity contribution is -0.113. The highest BCUT2D eigenvalue weighted by Gasteiger charge is 2.10. The van der Waals surface area contributed by atoms with E-state index in [1.54, 1.807) is 60.7 Å². The van der Waals surface area contributed by atoms with Gasteiger partial charge in [0.15, 0.2) is 11.6 Å².